The smallest absolute Gasteiger partial charge is 0.253 e. The van der Waals surface area contributed by atoms with Gasteiger partial charge in [0.15, 0.2) is 0 Å². The molecular formula is C20H31N3O4S. The summed E-state index contributed by atoms with van der Waals surface area (Å²) in [6.07, 6.45) is 1.12. The normalized spacial score (nSPS) is 16.0. The highest BCUT2D eigenvalue weighted by Gasteiger charge is 2.32. The Morgan fingerprint density at radius 1 is 1.07 bits per heavy atom. The quantitative estimate of drug-likeness (QED) is 0.688. The average molecular weight is 410 g/mol. The molecule has 0 unspecified atom stereocenters. The van der Waals surface area contributed by atoms with Gasteiger partial charge in [-0.1, -0.05) is 12.1 Å². The average Bonchev–Trinajstić information content (AvgIpc) is 2.71. The summed E-state index contributed by atoms with van der Waals surface area (Å²) in [6, 6.07) is 7.32. The minimum Gasteiger partial charge on any atom is -0.345 e. The molecule has 1 aliphatic heterocycles. The third kappa shape index (κ3) is 5.32. The van der Waals surface area contributed by atoms with Crippen molar-refractivity contribution in [2.75, 3.05) is 39.5 Å². The van der Waals surface area contributed by atoms with E-state index in [9.17, 15) is 18.0 Å². The molecule has 8 heteroatoms. The van der Waals surface area contributed by atoms with E-state index in [2.05, 4.69) is 0 Å². The largest absolute Gasteiger partial charge is 0.345 e. The molecule has 0 bridgehead atoms. The second kappa shape index (κ2) is 9.52. The van der Waals surface area contributed by atoms with E-state index >= 15 is 0 Å². The maximum atomic E-state index is 12.9. The molecule has 1 fully saturated rings. The van der Waals surface area contributed by atoms with Gasteiger partial charge in [-0.05, 0) is 44.4 Å². The topological polar surface area (TPSA) is 78.0 Å². The third-order valence-corrected chi connectivity index (χ3v) is 7.12. The summed E-state index contributed by atoms with van der Waals surface area (Å²) in [7, 11) is 0.242. The lowest BCUT2D eigenvalue weighted by atomic mass is 9.96. The van der Waals surface area contributed by atoms with Gasteiger partial charge in [-0.3, -0.25) is 9.59 Å². The molecule has 0 spiro atoms. The highest BCUT2D eigenvalue weighted by molar-refractivity contribution is 7.89. The maximum Gasteiger partial charge on any atom is 0.253 e. The number of benzene rings is 1. The molecule has 1 saturated heterocycles. The summed E-state index contributed by atoms with van der Waals surface area (Å²) in [5.41, 5.74) is 1.59. The monoisotopic (exact) mass is 409 g/mol. The van der Waals surface area contributed by atoms with Crippen molar-refractivity contribution >= 4 is 21.8 Å². The van der Waals surface area contributed by atoms with Crippen LogP contribution < -0.4 is 0 Å². The fourth-order valence-electron chi connectivity index (χ4n) is 3.40. The second-order valence-electron chi connectivity index (χ2n) is 7.32. The van der Waals surface area contributed by atoms with Crippen molar-refractivity contribution in [3.05, 3.63) is 35.4 Å². The molecule has 0 radical (unpaired) electrons. The molecule has 28 heavy (non-hydrogen) atoms. The Hall–Kier alpha value is -1.93. The van der Waals surface area contributed by atoms with Crippen molar-refractivity contribution in [3.63, 3.8) is 0 Å². The minimum atomic E-state index is -3.18. The van der Waals surface area contributed by atoms with Crippen LogP contribution in [0.4, 0.5) is 0 Å². The first kappa shape index (κ1) is 22.4. The second-order valence-corrected chi connectivity index (χ2v) is 9.58. The number of piperidine rings is 1. The Kier molecular flexibility index (Phi) is 7.60. The lowest BCUT2D eigenvalue weighted by Crippen LogP contribution is -2.44. The van der Waals surface area contributed by atoms with Crippen LogP contribution in [0.15, 0.2) is 24.3 Å². The summed E-state index contributed by atoms with van der Waals surface area (Å²) >= 11 is 0. The number of rotatable bonds is 7. The van der Waals surface area contributed by atoms with Gasteiger partial charge in [0, 0.05) is 51.8 Å². The molecule has 1 aromatic rings. The highest BCUT2D eigenvalue weighted by Crippen LogP contribution is 2.23. The zero-order chi connectivity index (χ0) is 20.9. The van der Waals surface area contributed by atoms with Crippen molar-refractivity contribution in [2.45, 2.75) is 33.2 Å². The van der Waals surface area contributed by atoms with Gasteiger partial charge in [0.1, 0.15) is 0 Å². The molecule has 0 saturated carbocycles. The van der Waals surface area contributed by atoms with Gasteiger partial charge in [0.05, 0.1) is 5.75 Å². The van der Waals surface area contributed by atoms with E-state index in [-0.39, 0.29) is 23.5 Å². The lowest BCUT2D eigenvalue weighted by Gasteiger charge is -2.33. The number of nitrogens with zero attached hydrogens (tertiary/aromatic N) is 3. The van der Waals surface area contributed by atoms with Crippen LogP contribution >= 0.6 is 0 Å². The molecule has 0 N–H and O–H groups in total. The van der Waals surface area contributed by atoms with Crippen LogP contribution in [0.5, 0.6) is 0 Å². The summed E-state index contributed by atoms with van der Waals surface area (Å²) in [6.45, 7) is 5.47. The van der Waals surface area contributed by atoms with Gasteiger partial charge in [-0.25, -0.2) is 12.7 Å². The molecule has 2 rings (SSSR count). The fraction of sp³-hybridized carbons (Fsp3) is 0.600. The Morgan fingerprint density at radius 3 is 2.11 bits per heavy atom. The first-order chi connectivity index (χ1) is 13.2. The van der Waals surface area contributed by atoms with Gasteiger partial charge in [-0.15, -0.1) is 0 Å². The van der Waals surface area contributed by atoms with Crippen LogP contribution in [0.3, 0.4) is 0 Å². The van der Waals surface area contributed by atoms with Crippen molar-refractivity contribution in [1.82, 2.24) is 14.1 Å². The molecule has 2 amide bonds. The molecule has 0 atom stereocenters. The number of hydrogen-bond donors (Lipinski definition) is 0. The third-order valence-electron chi connectivity index (χ3n) is 5.24. The summed E-state index contributed by atoms with van der Waals surface area (Å²) in [4.78, 5) is 28.2. The molecule has 0 aliphatic carbocycles. The number of carbonyl (C=O) groups is 2. The van der Waals surface area contributed by atoms with E-state index in [4.69, 9.17) is 0 Å². The first-order valence-corrected chi connectivity index (χ1v) is 11.4. The molecule has 1 aromatic carbocycles. The minimum absolute atomic E-state index is 0.0521. The predicted molar refractivity (Wildman–Crippen MR) is 109 cm³/mol. The molecular weight excluding hydrogens is 378 g/mol. The van der Waals surface area contributed by atoms with Crippen LogP contribution in [0.25, 0.3) is 0 Å². The van der Waals surface area contributed by atoms with Crippen molar-refractivity contribution in [1.29, 1.82) is 0 Å². The SMILES string of the molecule is CCN(Cc1ccc(C(=O)N(C)C)cc1)C(=O)C1CCN(S(=O)(=O)CC)CC1. The molecule has 1 heterocycles. The van der Waals surface area contributed by atoms with Gasteiger partial charge in [0.2, 0.25) is 15.9 Å². The van der Waals surface area contributed by atoms with Crippen LogP contribution in [0.1, 0.15) is 42.6 Å². The maximum absolute atomic E-state index is 12.9. The molecule has 7 nitrogen and oxygen atoms in total. The van der Waals surface area contributed by atoms with Gasteiger partial charge < -0.3 is 9.80 Å². The molecule has 156 valence electrons. The Labute approximate surface area is 168 Å². The van der Waals surface area contributed by atoms with Crippen molar-refractivity contribution < 1.29 is 18.0 Å². The van der Waals surface area contributed by atoms with E-state index < -0.39 is 10.0 Å². The standard InChI is InChI=1S/C20H31N3O4S/c1-5-22(15-16-7-9-17(10-8-16)19(24)21(3)4)20(25)18-11-13-23(14-12-18)28(26,27)6-2/h7-10,18H,5-6,11-15H2,1-4H3. The van der Waals surface area contributed by atoms with E-state index in [1.54, 1.807) is 38.1 Å². The van der Waals surface area contributed by atoms with Crippen molar-refractivity contribution in [3.8, 4) is 0 Å². The highest BCUT2D eigenvalue weighted by atomic mass is 32.2. The van der Waals surface area contributed by atoms with Gasteiger partial charge in [0.25, 0.3) is 5.91 Å². The first-order valence-electron chi connectivity index (χ1n) is 9.76. The summed E-state index contributed by atoms with van der Waals surface area (Å²) in [5.74, 6) is -0.0231. The predicted octanol–water partition coefficient (Wildman–Crippen LogP) is 1.80. The lowest BCUT2D eigenvalue weighted by molar-refractivity contribution is -0.137. The van der Waals surface area contributed by atoms with Crippen LogP contribution in [0.2, 0.25) is 0 Å². The van der Waals surface area contributed by atoms with E-state index in [0.29, 0.717) is 44.6 Å². The molecule has 0 aromatic heterocycles. The van der Waals surface area contributed by atoms with Crippen LogP contribution in [-0.2, 0) is 21.4 Å². The van der Waals surface area contributed by atoms with E-state index in [1.807, 2.05) is 19.1 Å². The van der Waals surface area contributed by atoms with Crippen LogP contribution in [-0.4, -0.2) is 73.8 Å². The number of hydrogen-bond acceptors (Lipinski definition) is 4. The summed E-state index contributed by atoms with van der Waals surface area (Å²) < 4.78 is 25.5. The van der Waals surface area contributed by atoms with Crippen LogP contribution in [0, 0.1) is 5.92 Å². The Morgan fingerprint density at radius 2 is 1.64 bits per heavy atom. The van der Waals surface area contributed by atoms with Crippen molar-refractivity contribution in [2.24, 2.45) is 5.92 Å². The van der Waals surface area contributed by atoms with E-state index in [1.165, 1.54) is 9.21 Å². The summed E-state index contributed by atoms with van der Waals surface area (Å²) in [5, 5.41) is 0. The van der Waals surface area contributed by atoms with Gasteiger partial charge >= 0.3 is 0 Å². The van der Waals surface area contributed by atoms with Gasteiger partial charge in [-0.2, -0.15) is 0 Å². The number of sulfonamides is 1. The Bertz CT molecular complexity index is 782. The molecule has 1 aliphatic rings. The fourth-order valence-corrected chi connectivity index (χ4v) is 4.53. The zero-order valence-corrected chi connectivity index (χ0v) is 18.0. The van der Waals surface area contributed by atoms with E-state index in [0.717, 1.165) is 5.56 Å². The number of carbonyl (C=O) groups excluding carboxylic acids is 2. The zero-order valence-electron chi connectivity index (χ0n) is 17.2. The Balaban J connectivity index is 1.98. The number of amides is 2.